The molecule has 0 amide bonds. The smallest absolute Gasteiger partial charge is 0.0693 e. The third kappa shape index (κ3) is 4.84. The minimum absolute atomic E-state index is 0.300. The van der Waals surface area contributed by atoms with Gasteiger partial charge in [0.15, 0.2) is 0 Å². The number of hydrogen-bond acceptors (Lipinski definition) is 2. The van der Waals surface area contributed by atoms with Crippen LogP contribution in [0, 0.1) is 5.92 Å². The molecule has 1 N–H and O–H groups in total. The molecule has 1 aliphatic carbocycles. The van der Waals surface area contributed by atoms with Crippen molar-refractivity contribution in [1.29, 1.82) is 0 Å². The summed E-state index contributed by atoms with van der Waals surface area (Å²) in [6.45, 7) is 6.63. The van der Waals surface area contributed by atoms with Crippen LogP contribution in [0.5, 0.6) is 0 Å². The van der Waals surface area contributed by atoms with Gasteiger partial charge in [-0.25, -0.2) is 0 Å². The van der Waals surface area contributed by atoms with Gasteiger partial charge in [-0.3, -0.25) is 0 Å². The first kappa shape index (κ1) is 14.0. The largest absolute Gasteiger partial charge is 0.380 e. The van der Waals surface area contributed by atoms with Crippen LogP contribution in [0.15, 0.2) is 0 Å². The molecule has 0 saturated heterocycles. The molecule has 1 aliphatic rings. The van der Waals surface area contributed by atoms with E-state index in [1.165, 1.54) is 38.5 Å². The first-order valence-electron chi connectivity index (χ1n) is 6.92. The van der Waals surface area contributed by atoms with Crippen molar-refractivity contribution in [3.05, 3.63) is 0 Å². The van der Waals surface area contributed by atoms with Crippen LogP contribution in [0.25, 0.3) is 0 Å². The van der Waals surface area contributed by atoms with E-state index in [2.05, 4.69) is 26.1 Å². The van der Waals surface area contributed by atoms with Crippen LogP contribution >= 0.6 is 0 Å². The highest BCUT2D eigenvalue weighted by atomic mass is 16.5. The summed E-state index contributed by atoms with van der Waals surface area (Å²) < 4.78 is 5.33. The van der Waals surface area contributed by atoms with Crippen LogP contribution in [0.4, 0.5) is 0 Å². The lowest BCUT2D eigenvalue weighted by Gasteiger charge is -2.25. The van der Waals surface area contributed by atoms with Gasteiger partial charge in [-0.2, -0.15) is 0 Å². The molecule has 2 heteroatoms. The van der Waals surface area contributed by atoms with Crippen LogP contribution in [0.1, 0.15) is 59.3 Å². The molecule has 0 aromatic heterocycles. The number of rotatable bonds is 7. The van der Waals surface area contributed by atoms with E-state index in [4.69, 9.17) is 4.74 Å². The van der Waals surface area contributed by atoms with E-state index in [1.54, 1.807) is 7.11 Å². The Kier molecular flexibility index (Phi) is 6.37. The van der Waals surface area contributed by atoms with Crippen LogP contribution in [-0.2, 0) is 4.74 Å². The van der Waals surface area contributed by atoms with Crippen molar-refractivity contribution in [2.75, 3.05) is 7.11 Å². The maximum absolute atomic E-state index is 5.33. The molecule has 1 fully saturated rings. The molecule has 0 aromatic carbocycles. The van der Waals surface area contributed by atoms with Crippen LogP contribution in [-0.4, -0.2) is 25.3 Å². The maximum atomic E-state index is 5.33. The van der Waals surface area contributed by atoms with Gasteiger partial charge in [-0.1, -0.05) is 25.7 Å². The molecule has 0 bridgehead atoms. The second-order valence-electron chi connectivity index (χ2n) is 5.53. The molecule has 0 spiro atoms. The zero-order valence-electron chi connectivity index (χ0n) is 11.5. The van der Waals surface area contributed by atoms with E-state index in [9.17, 15) is 0 Å². The van der Waals surface area contributed by atoms with Gasteiger partial charge in [0.2, 0.25) is 0 Å². The van der Waals surface area contributed by atoms with E-state index in [0.717, 1.165) is 5.92 Å². The molecule has 1 rings (SSSR count). The van der Waals surface area contributed by atoms with Crippen LogP contribution < -0.4 is 5.32 Å². The van der Waals surface area contributed by atoms with Gasteiger partial charge in [0, 0.05) is 19.2 Å². The lowest BCUT2D eigenvalue weighted by atomic mass is 9.98. The Morgan fingerprint density at radius 3 is 2.38 bits per heavy atom. The summed E-state index contributed by atoms with van der Waals surface area (Å²) in [5.41, 5.74) is 0. The van der Waals surface area contributed by atoms with E-state index in [0.29, 0.717) is 18.2 Å². The van der Waals surface area contributed by atoms with Crippen LogP contribution in [0.2, 0.25) is 0 Å². The summed E-state index contributed by atoms with van der Waals surface area (Å²) in [4.78, 5) is 0. The summed E-state index contributed by atoms with van der Waals surface area (Å²) in [6.07, 6.45) is 8.88. The Labute approximate surface area is 101 Å². The summed E-state index contributed by atoms with van der Waals surface area (Å²) in [5, 5.41) is 3.63. The second-order valence-corrected chi connectivity index (χ2v) is 5.53. The maximum Gasteiger partial charge on any atom is 0.0693 e. The highest BCUT2D eigenvalue weighted by Gasteiger charge is 2.17. The Morgan fingerprint density at radius 2 is 1.81 bits per heavy atom. The van der Waals surface area contributed by atoms with Gasteiger partial charge >= 0.3 is 0 Å². The van der Waals surface area contributed by atoms with Gasteiger partial charge in [-0.15, -0.1) is 0 Å². The summed E-state index contributed by atoms with van der Waals surface area (Å²) in [5.74, 6) is 1.01. The van der Waals surface area contributed by atoms with Gasteiger partial charge in [0.1, 0.15) is 0 Å². The average molecular weight is 227 g/mol. The van der Waals surface area contributed by atoms with Gasteiger partial charge in [0.25, 0.3) is 0 Å². The van der Waals surface area contributed by atoms with Crippen molar-refractivity contribution in [3.8, 4) is 0 Å². The van der Waals surface area contributed by atoms with Crippen molar-refractivity contribution in [2.45, 2.75) is 77.5 Å². The molecular formula is C14H29NO. The topological polar surface area (TPSA) is 21.3 Å². The average Bonchev–Trinajstić information content (AvgIpc) is 2.78. The normalized spacial score (nSPS) is 23.2. The summed E-state index contributed by atoms with van der Waals surface area (Å²) in [7, 11) is 1.78. The van der Waals surface area contributed by atoms with Crippen molar-refractivity contribution in [2.24, 2.45) is 5.92 Å². The predicted molar refractivity (Wildman–Crippen MR) is 69.7 cm³/mol. The molecule has 3 unspecified atom stereocenters. The van der Waals surface area contributed by atoms with Gasteiger partial charge in [0.05, 0.1) is 6.10 Å². The number of hydrogen-bond donors (Lipinski definition) is 1. The quantitative estimate of drug-likeness (QED) is 0.720. The molecule has 0 radical (unpaired) electrons. The molecular weight excluding hydrogens is 198 g/mol. The van der Waals surface area contributed by atoms with Gasteiger partial charge in [-0.05, 0) is 39.5 Å². The molecule has 16 heavy (non-hydrogen) atoms. The van der Waals surface area contributed by atoms with Crippen molar-refractivity contribution in [3.63, 3.8) is 0 Å². The standard InChI is InChI=1S/C14H29NO/c1-11(15-12(2)13(3)16-4)9-10-14-7-5-6-8-14/h11-15H,5-10H2,1-4H3. The number of nitrogens with one attached hydrogen (secondary N) is 1. The number of ether oxygens (including phenoxy) is 1. The Morgan fingerprint density at radius 1 is 1.19 bits per heavy atom. The summed E-state index contributed by atoms with van der Waals surface area (Å²) >= 11 is 0. The molecule has 96 valence electrons. The lowest BCUT2D eigenvalue weighted by Crippen LogP contribution is -2.42. The van der Waals surface area contributed by atoms with E-state index >= 15 is 0 Å². The monoisotopic (exact) mass is 227 g/mol. The predicted octanol–water partition coefficient (Wildman–Crippen LogP) is 3.36. The molecule has 0 aliphatic heterocycles. The van der Waals surface area contributed by atoms with E-state index in [1.807, 2.05) is 0 Å². The third-order valence-corrected chi connectivity index (χ3v) is 4.11. The summed E-state index contributed by atoms with van der Waals surface area (Å²) in [6, 6.07) is 1.07. The minimum Gasteiger partial charge on any atom is -0.380 e. The van der Waals surface area contributed by atoms with Gasteiger partial charge < -0.3 is 10.1 Å². The fourth-order valence-corrected chi connectivity index (χ4v) is 2.66. The highest BCUT2D eigenvalue weighted by Crippen LogP contribution is 2.28. The fraction of sp³-hybridized carbons (Fsp3) is 1.00. The van der Waals surface area contributed by atoms with Crippen molar-refractivity contribution >= 4 is 0 Å². The van der Waals surface area contributed by atoms with Crippen LogP contribution in [0.3, 0.4) is 0 Å². The first-order chi connectivity index (χ1) is 7.63. The molecule has 1 saturated carbocycles. The SMILES string of the molecule is COC(C)C(C)NC(C)CCC1CCCC1. The zero-order chi connectivity index (χ0) is 12.0. The first-order valence-corrected chi connectivity index (χ1v) is 6.92. The molecule has 3 atom stereocenters. The van der Waals surface area contributed by atoms with E-state index in [-0.39, 0.29) is 0 Å². The Bertz CT molecular complexity index is 178. The molecule has 0 heterocycles. The number of methoxy groups -OCH3 is 1. The lowest BCUT2D eigenvalue weighted by molar-refractivity contribution is 0.0844. The highest BCUT2D eigenvalue weighted by molar-refractivity contribution is 4.75. The third-order valence-electron chi connectivity index (χ3n) is 4.11. The minimum atomic E-state index is 0.300. The van der Waals surface area contributed by atoms with Crippen molar-refractivity contribution < 1.29 is 4.74 Å². The Balaban J connectivity index is 2.11. The van der Waals surface area contributed by atoms with Crippen molar-refractivity contribution in [1.82, 2.24) is 5.32 Å². The fourth-order valence-electron chi connectivity index (χ4n) is 2.66. The Hall–Kier alpha value is -0.0800. The van der Waals surface area contributed by atoms with E-state index < -0.39 is 0 Å². The molecule has 0 aromatic rings. The molecule has 2 nitrogen and oxygen atoms in total. The zero-order valence-corrected chi connectivity index (χ0v) is 11.5. The second kappa shape index (κ2) is 7.29.